The van der Waals surface area contributed by atoms with Crippen LogP contribution in [0.2, 0.25) is 0 Å². The van der Waals surface area contributed by atoms with Crippen LogP contribution in [0, 0.1) is 0 Å². The fraction of sp³-hybridized carbons (Fsp3) is 0.409. The molecule has 2 amide bonds. The van der Waals surface area contributed by atoms with Crippen molar-refractivity contribution in [2.75, 3.05) is 0 Å². The molecule has 1 saturated heterocycles. The fourth-order valence-electron chi connectivity index (χ4n) is 3.35. The second-order valence-corrected chi connectivity index (χ2v) is 8.13. The maximum Gasteiger partial charge on any atom is 0.408 e. The number of hydrogen-bond acceptors (Lipinski definition) is 5. The minimum atomic E-state index is -0.624. The van der Waals surface area contributed by atoms with Gasteiger partial charge in [0.2, 0.25) is 0 Å². The summed E-state index contributed by atoms with van der Waals surface area (Å²) in [6, 6.07) is 12.8. The van der Waals surface area contributed by atoms with Crippen LogP contribution >= 0.6 is 0 Å². The Morgan fingerprint density at radius 3 is 2.59 bits per heavy atom. The number of rotatable bonds is 6. The Kier molecular flexibility index (Phi) is 6.36. The van der Waals surface area contributed by atoms with E-state index in [0.29, 0.717) is 12.8 Å². The molecule has 0 unspecified atom stereocenters. The van der Waals surface area contributed by atoms with Crippen LogP contribution in [0.3, 0.4) is 0 Å². The Morgan fingerprint density at radius 1 is 1.21 bits per heavy atom. The molecule has 29 heavy (non-hydrogen) atoms. The molecule has 154 valence electrons. The van der Waals surface area contributed by atoms with E-state index in [-0.39, 0.29) is 6.04 Å². The van der Waals surface area contributed by atoms with Crippen molar-refractivity contribution in [1.29, 1.82) is 0 Å². The average molecular weight is 397 g/mol. The molecule has 2 N–H and O–H groups in total. The van der Waals surface area contributed by atoms with Gasteiger partial charge in [0.25, 0.3) is 0 Å². The molecule has 1 aliphatic heterocycles. The number of amides is 2. The summed E-state index contributed by atoms with van der Waals surface area (Å²) in [4.78, 5) is 28.6. The van der Waals surface area contributed by atoms with Crippen LogP contribution in [0.4, 0.5) is 9.59 Å². The van der Waals surface area contributed by atoms with E-state index in [4.69, 9.17) is 9.47 Å². The zero-order chi connectivity index (χ0) is 20.9. The SMILES string of the molecule is CC(C)(C)OC(=O)N[C@@H](Cc1ccccc1)[C@H]1OC(=O)N[C@H]1Cc1cccnc1. The zero-order valence-corrected chi connectivity index (χ0v) is 16.9. The number of cyclic esters (lactones) is 1. The first kappa shape index (κ1) is 20.6. The third kappa shape index (κ3) is 6.20. The minimum absolute atomic E-state index is 0.296. The van der Waals surface area contributed by atoms with Gasteiger partial charge in [-0.05, 0) is 50.8 Å². The Labute approximate surface area is 170 Å². The molecule has 0 spiro atoms. The van der Waals surface area contributed by atoms with Gasteiger partial charge in [-0.3, -0.25) is 4.98 Å². The molecule has 1 aliphatic rings. The molecule has 0 saturated carbocycles. The normalized spacial score (nSPS) is 19.8. The summed E-state index contributed by atoms with van der Waals surface area (Å²) in [5.41, 5.74) is 1.38. The predicted molar refractivity (Wildman–Crippen MR) is 108 cm³/mol. The van der Waals surface area contributed by atoms with E-state index >= 15 is 0 Å². The molecule has 1 fully saturated rings. The van der Waals surface area contributed by atoms with Gasteiger partial charge >= 0.3 is 12.2 Å². The zero-order valence-electron chi connectivity index (χ0n) is 16.9. The standard InChI is InChI=1S/C22H27N3O4/c1-22(2,3)29-21(27)25-17(12-15-8-5-4-6-9-15)19-18(24-20(26)28-19)13-16-10-7-11-23-14-16/h4-11,14,17-19H,12-13H2,1-3H3,(H,24,26)(H,25,27)/t17-,18-,19+/m0/s1. The number of nitrogens with one attached hydrogen (secondary N) is 2. The van der Waals surface area contributed by atoms with Crippen molar-refractivity contribution in [1.82, 2.24) is 15.6 Å². The van der Waals surface area contributed by atoms with Crippen LogP contribution in [-0.4, -0.2) is 41.0 Å². The summed E-state index contributed by atoms with van der Waals surface area (Å²) < 4.78 is 11.0. The topological polar surface area (TPSA) is 89.5 Å². The van der Waals surface area contributed by atoms with E-state index in [9.17, 15) is 9.59 Å². The van der Waals surface area contributed by atoms with Gasteiger partial charge < -0.3 is 20.1 Å². The van der Waals surface area contributed by atoms with Gasteiger partial charge in [-0.1, -0.05) is 36.4 Å². The minimum Gasteiger partial charge on any atom is -0.444 e. The molecular weight excluding hydrogens is 370 g/mol. The molecule has 7 nitrogen and oxygen atoms in total. The van der Waals surface area contributed by atoms with Crippen LogP contribution in [0.15, 0.2) is 54.9 Å². The largest absolute Gasteiger partial charge is 0.444 e. The van der Waals surface area contributed by atoms with Crippen molar-refractivity contribution >= 4 is 12.2 Å². The van der Waals surface area contributed by atoms with E-state index in [2.05, 4.69) is 15.6 Å². The van der Waals surface area contributed by atoms with E-state index in [1.165, 1.54) is 0 Å². The van der Waals surface area contributed by atoms with Gasteiger partial charge in [-0.2, -0.15) is 0 Å². The summed E-state index contributed by atoms with van der Waals surface area (Å²) >= 11 is 0. The molecule has 2 heterocycles. The van der Waals surface area contributed by atoms with E-state index < -0.39 is 29.9 Å². The van der Waals surface area contributed by atoms with E-state index in [0.717, 1.165) is 11.1 Å². The highest BCUT2D eigenvalue weighted by Gasteiger charge is 2.41. The molecule has 1 aromatic carbocycles. The molecule has 0 aliphatic carbocycles. The molecule has 0 radical (unpaired) electrons. The lowest BCUT2D eigenvalue weighted by atomic mass is 9.93. The number of carbonyl (C=O) groups is 2. The van der Waals surface area contributed by atoms with Crippen molar-refractivity contribution in [3.05, 3.63) is 66.0 Å². The van der Waals surface area contributed by atoms with Crippen LogP contribution < -0.4 is 10.6 Å². The number of alkyl carbamates (subject to hydrolysis) is 2. The lowest BCUT2D eigenvalue weighted by Gasteiger charge is -2.29. The summed E-state index contributed by atoms with van der Waals surface area (Å²) in [7, 11) is 0. The number of aromatic nitrogens is 1. The van der Waals surface area contributed by atoms with Crippen LogP contribution in [-0.2, 0) is 22.3 Å². The van der Waals surface area contributed by atoms with Crippen molar-refractivity contribution in [2.24, 2.45) is 0 Å². The highest BCUT2D eigenvalue weighted by atomic mass is 16.6. The summed E-state index contributed by atoms with van der Waals surface area (Å²) in [6.07, 6.45) is 2.93. The first-order valence-corrected chi connectivity index (χ1v) is 9.70. The van der Waals surface area contributed by atoms with Gasteiger partial charge in [-0.25, -0.2) is 9.59 Å². The molecule has 3 rings (SSSR count). The van der Waals surface area contributed by atoms with Crippen LogP contribution in [0.1, 0.15) is 31.9 Å². The quantitative estimate of drug-likeness (QED) is 0.781. The van der Waals surface area contributed by atoms with Crippen LogP contribution in [0.25, 0.3) is 0 Å². The first-order valence-electron chi connectivity index (χ1n) is 9.70. The lowest BCUT2D eigenvalue weighted by Crippen LogP contribution is -2.51. The van der Waals surface area contributed by atoms with Crippen molar-refractivity contribution in [2.45, 2.75) is 57.4 Å². The van der Waals surface area contributed by atoms with Gasteiger partial charge in [0.05, 0.1) is 12.1 Å². The number of carbonyl (C=O) groups excluding carboxylic acids is 2. The van der Waals surface area contributed by atoms with E-state index in [1.54, 1.807) is 33.2 Å². The van der Waals surface area contributed by atoms with Crippen molar-refractivity contribution in [3.63, 3.8) is 0 Å². The summed E-state index contributed by atoms with van der Waals surface area (Å²) in [5, 5.41) is 5.77. The number of benzene rings is 1. The molecule has 0 bridgehead atoms. The van der Waals surface area contributed by atoms with Gasteiger partial charge in [0, 0.05) is 12.4 Å². The lowest BCUT2D eigenvalue weighted by molar-refractivity contribution is 0.0416. The Morgan fingerprint density at radius 2 is 1.93 bits per heavy atom. The number of nitrogens with zero attached hydrogens (tertiary/aromatic N) is 1. The molecule has 3 atom stereocenters. The molecule has 7 heteroatoms. The van der Waals surface area contributed by atoms with E-state index in [1.807, 2.05) is 42.5 Å². The second kappa shape index (κ2) is 8.94. The molecular formula is C22H27N3O4. The smallest absolute Gasteiger partial charge is 0.408 e. The average Bonchev–Trinajstić information content (AvgIpc) is 3.01. The number of hydrogen-bond donors (Lipinski definition) is 2. The summed E-state index contributed by atoms with van der Waals surface area (Å²) in [6.45, 7) is 5.42. The maximum absolute atomic E-state index is 12.5. The second-order valence-electron chi connectivity index (χ2n) is 8.13. The molecule has 2 aromatic rings. The molecule has 1 aromatic heterocycles. The monoisotopic (exact) mass is 397 g/mol. The Balaban J connectivity index is 1.80. The highest BCUT2D eigenvalue weighted by Crippen LogP contribution is 2.20. The third-order valence-electron chi connectivity index (χ3n) is 4.52. The number of ether oxygens (including phenoxy) is 2. The predicted octanol–water partition coefficient (Wildman–Crippen LogP) is 3.24. The highest BCUT2D eigenvalue weighted by molar-refractivity contribution is 5.71. The van der Waals surface area contributed by atoms with Crippen molar-refractivity contribution in [3.8, 4) is 0 Å². The van der Waals surface area contributed by atoms with Crippen molar-refractivity contribution < 1.29 is 19.1 Å². The Hall–Kier alpha value is -3.09. The van der Waals surface area contributed by atoms with Gasteiger partial charge in [0.1, 0.15) is 11.7 Å². The third-order valence-corrected chi connectivity index (χ3v) is 4.52. The summed E-state index contributed by atoms with van der Waals surface area (Å²) in [5.74, 6) is 0. The fourth-order valence-corrected chi connectivity index (χ4v) is 3.35. The van der Waals surface area contributed by atoms with Crippen LogP contribution in [0.5, 0.6) is 0 Å². The van der Waals surface area contributed by atoms with Gasteiger partial charge in [0.15, 0.2) is 0 Å². The Bertz CT molecular complexity index is 821. The first-order chi connectivity index (χ1) is 13.8. The van der Waals surface area contributed by atoms with Gasteiger partial charge in [-0.15, -0.1) is 0 Å². The number of pyridine rings is 1. The maximum atomic E-state index is 12.5.